The molecule has 0 amide bonds. The number of aryl methyl sites for hydroxylation is 2. The minimum Gasteiger partial charge on any atom is -0.469 e. The highest BCUT2D eigenvalue weighted by molar-refractivity contribution is 5.69. The number of esters is 1. The van der Waals surface area contributed by atoms with Crippen LogP contribution in [0.1, 0.15) is 35.1 Å². The topological polar surface area (TPSA) is 26.3 Å². The number of hydrogen-bond donors (Lipinski definition) is 0. The summed E-state index contributed by atoms with van der Waals surface area (Å²) in [5.74, 6) is -0.124. The molecule has 88 valence electrons. The molecule has 0 radical (unpaired) electrons. The van der Waals surface area contributed by atoms with Crippen LogP contribution >= 0.6 is 0 Å². The quantitative estimate of drug-likeness (QED) is 0.729. The molecule has 0 spiro atoms. The number of ether oxygens (including phenoxy) is 1. The van der Waals surface area contributed by atoms with Crippen LogP contribution in [0.15, 0.2) is 12.1 Å². The van der Waals surface area contributed by atoms with Gasteiger partial charge in [-0.2, -0.15) is 0 Å². The van der Waals surface area contributed by atoms with Crippen molar-refractivity contribution in [1.29, 1.82) is 0 Å². The van der Waals surface area contributed by atoms with Gasteiger partial charge in [-0.05, 0) is 55.9 Å². The van der Waals surface area contributed by atoms with Crippen LogP contribution in [-0.2, 0) is 16.0 Å². The van der Waals surface area contributed by atoms with E-state index in [1.165, 1.54) is 29.4 Å². The number of carbonyl (C=O) groups excluding carboxylic acids is 1. The number of carbonyl (C=O) groups is 1. The Morgan fingerprint density at radius 1 is 1.19 bits per heavy atom. The van der Waals surface area contributed by atoms with Crippen molar-refractivity contribution in [3.63, 3.8) is 0 Å². The van der Waals surface area contributed by atoms with Crippen LogP contribution in [0.4, 0.5) is 0 Å². The summed E-state index contributed by atoms with van der Waals surface area (Å²) in [5, 5.41) is 0. The first-order valence-electron chi connectivity index (χ1n) is 5.68. The third-order valence-electron chi connectivity index (χ3n) is 3.22. The fourth-order valence-electron chi connectivity index (χ4n) is 1.81. The van der Waals surface area contributed by atoms with Gasteiger partial charge < -0.3 is 4.74 Å². The summed E-state index contributed by atoms with van der Waals surface area (Å²) in [6.45, 7) is 6.42. The molecule has 0 atom stereocenters. The number of hydrogen-bond acceptors (Lipinski definition) is 2. The third kappa shape index (κ3) is 3.09. The Hall–Kier alpha value is -1.31. The van der Waals surface area contributed by atoms with Crippen molar-refractivity contribution < 1.29 is 9.53 Å². The zero-order chi connectivity index (χ0) is 12.1. The Balaban J connectivity index is 2.61. The van der Waals surface area contributed by atoms with Crippen molar-refractivity contribution in [2.75, 3.05) is 7.11 Å². The number of methoxy groups -OCH3 is 1. The lowest BCUT2D eigenvalue weighted by molar-refractivity contribution is -0.140. The van der Waals surface area contributed by atoms with E-state index >= 15 is 0 Å². The van der Waals surface area contributed by atoms with Gasteiger partial charge in [0.15, 0.2) is 0 Å². The molecule has 1 aromatic rings. The van der Waals surface area contributed by atoms with Gasteiger partial charge in [0.05, 0.1) is 7.11 Å². The second-order valence-electron chi connectivity index (χ2n) is 4.22. The predicted octanol–water partition coefficient (Wildman–Crippen LogP) is 3.11. The molecule has 0 fully saturated rings. The lowest BCUT2D eigenvalue weighted by atomic mass is 9.96. The Labute approximate surface area is 97.6 Å². The van der Waals surface area contributed by atoms with Crippen LogP contribution in [-0.4, -0.2) is 13.1 Å². The van der Waals surface area contributed by atoms with Gasteiger partial charge in [0, 0.05) is 6.42 Å². The molecular weight excluding hydrogens is 200 g/mol. The molecule has 0 bridgehead atoms. The van der Waals surface area contributed by atoms with Gasteiger partial charge in [0.1, 0.15) is 0 Å². The van der Waals surface area contributed by atoms with Crippen LogP contribution < -0.4 is 0 Å². The standard InChI is InChI=1S/C14H20O2/c1-10-8-9-13(12(3)11(10)2)6-5-7-14(15)16-4/h8-9H,5-7H2,1-4H3. The summed E-state index contributed by atoms with van der Waals surface area (Å²) >= 11 is 0. The summed E-state index contributed by atoms with van der Waals surface area (Å²) < 4.78 is 4.62. The molecule has 2 nitrogen and oxygen atoms in total. The van der Waals surface area contributed by atoms with Gasteiger partial charge >= 0.3 is 5.97 Å². The first kappa shape index (κ1) is 12.8. The van der Waals surface area contributed by atoms with Crippen molar-refractivity contribution in [2.24, 2.45) is 0 Å². The van der Waals surface area contributed by atoms with E-state index in [9.17, 15) is 4.79 Å². The van der Waals surface area contributed by atoms with Gasteiger partial charge in [-0.3, -0.25) is 4.79 Å². The highest BCUT2D eigenvalue weighted by Crippen LogP contribution is 2.18. The zero-order valence-corrected chi connectivity index (χ0v) is 10.6. The molecular formula is C14H20O2. The molecule has 0 saturated carbocycles. The first-order chi connectivity index (χ1) is 7.56. The summed E-state index contributed by atoms with van der Waals surface area (Å²) in [6.07, 6.45) is 2.31. The molecule has 0 saturated heterocycles. The van der Waals surface area contributed by atoms with Gasteiger partial charge in [0.2, 0.25) is 0 Å². The second-order valence-corrected chi connectivity index (χ2v) is 4.22. The van der Waals surface area contributed by atoms with Crippen LogP contribution in [0.5, 0.6) is 0 Å². The summed E-state index contributed by atoms with van der Waals surface area (Å²) in [6, 6.07) is 4.31. The van der Waals surface area contributed by atoms with Crippen molar-refractivity contribution >= 4 is 5.97 Å². The molecule has 0 aliphatic heterocycles. The molecule has 0 N–H and O–H groups in total. The molecule has 2 heteroatoms. The van der Waals surface area contributed by atoms with E-state index in [4.69, 9.17) is 0 Å². The minimum atomic E-state index is -0.124. The van der Waals surface area contributed by atoms with Crippen LogP contribution in [0, 0.1) is 20.8 Å². The largest absolute Gasteiger partial charge is 0.469 e. The lowest BCUT2D eigenvalue weighted by Crippen LogP contribution is -2.02. The third-order valence-corrected chi connectivity index (χ3v) is 3.22. The normalized spacial score (nSPS) is 10.2. The Morgan fingerprint density at radius 2 is 1.88 bits per heavy atom. The highest BCUT2D eigenvalue weighted by Gasteiger charge is 2.05. The predicted molar refractivity (Wildman–Crippen MR) is 65.6 cm³/mol. The molecule has 0 heterocycles. The van der Waals surface area contributed by atoms with Gasteiger partial charge in [-0.15, -0.1) is 0 Å². The van der Waals surface area contributed by atoms with Crippen molar-refractivity contribution in [3.8, 4) is 0 Å². The molecule has 0 aliphatic rings. The molecule has 0 aromatic heterocycles. The van der Waals surface area contributed by atoms with Crippen LogP contribution in [0.25, 0.3) is 0 Å². The van der Waals surface area contributed by atoms with Crippen LogP contribution in [0.3, 0.4) is 0 Å². The second kappa shape index (κ2) is 5.69. The summed E-state index contributed by atoms with van der Waals surface area (Å²) in [7, 11) is 1.43. The van der Waals surface area contributed by atoms with Crippen molar-refractivity contribution in [1.82, 2.24) is 0 Å². The van der Waals surface area contributed by atoms with E-state index in [0.29, 0.717) is 6.42 Å². The van der Waals surface area contributed by atoms with E-state index in [0.717, 1.165) is 12.8 Å². The fourth-order valence-corrected chi connectivity index (χ4v) is 1.81. The van der Waals surface area contributed by atoms with E-state index in [1.807, 2.05) is 0 Å². The minimum absolute atomic E-state index is 0.124. The average Bonchev–Trinajstić information content (AvgIpc) is 2.29. The molecule has 0 aliphatic carbocycles. The average molecular weight is 220 g/mol. The lowest BCUT2D eigenvalue weighted by Gasteiger charge is -2.10. The summed E-state index contributed by atoms with van der Waals surface area (Å²) in [4.78, 5) is 11.0. The number of rotatable bonds is 4. The monoisotopic (exact) mass is 220 g/mol. The van der Waals surface area contributed by atoms with E-state index in [1.54, 1.807) is 0 Å². The number of benzene rings is 1. The Kier molecular flexibility index (Phi) is 4.53. The maximum atomic E-state index is 11.0. The maximum Gasteiger partial charge on any atom is 0.305 e. The van der Waals surface area contributed by atoms with Crippen molar-refractivity contribution in [2.45, 2.75) is 40.0 Å². The molecule has 16 heavy (non-hydrogen) atoms. The SMILES string of the molecule is COC(=O)CCCc1ccc(C)c(C)c1C. The van der Waals surface area contributed by atoms with Gasteiger partial charge in [0.25, 0.3) is 0 Å². The Bertz CT molecular complexity index is 381. The molecule has 1 rings (SSSR count). The van der Waals surface area contributed by atoms with E-state index in [2.05, 4.69) is 37.6 Å². The van der Waals surface area contributed by atoms with E-state index < -0.39 is 0 Å². The maximum absolute atomic E-state index is 11.0. The Morgan fingerprint density at radius 3 is 2.50 bits per heavy atom. The highest BCUT2D eigenvalue weighted by atomic mass is 16.5. The smallest absolute Gasteiger partial charge is 0.305 e. The van der Waals surface area contributed by atoms with Gasteiger partial charge in [-0.25, -0.2) is 0 Å². The van der Waals surface area contributed by atoms with E-state index in [-0.39, 0.29) is 5.97 Å². The zero-order valence-electron chi connectivity index (χ0n) is 10.6. The molecule has 1 aromatic carbocycles. The van der Waals surface area contributed by atoms with Crippen molar-refractivity contribution in [3.05, 3.63) is 34.4 Å². The fraction of sp³-hybridized carbons (Fsp3) is 0.500. The summed E-state index contributed by atoms with van der Waals surface area (Å²) in [5.41, 5.74) is 5.38. The molecule has 0 unspecified atom stereocenters. The first-order valence-corrected chi connectivity index (χ1v) is 5.68. The van der Waals surface area contributed by atoms with Crippen LogP contribution in [0.2, 0.25) is 0 Å². The van der Waals surface area contributed by atoms with Gasteiger partial charge in [-0.1, -0.05) is 12.1 Å².